The topological polar surface area (TPSA) is 58.6 Å². The molecule has 0 aliphatic carbocycles. The van der Waals surface area contributed by atoms with Crippen LogP contribution in [0.3, 0.4) is 0 Å². The van der Waals surface area contributed by atoms with E-state index in [-0.39, 0.29) is 17.5 Å². The number of carbonyl (C=O) groups excluding carboxylic acids is 2. The van der Waals surface area contributed by atoms with Gasteiger partial charge in [-0.15, -0.1) is 0 Å². The number of nitrogens with zero attached hydrogens (tertiary/aromatic N) is 1. The molecule has 4 rings (SSSR count). The van der Waals surface area contributed by atoms with Gasteiger partial charge in [0.25, 0.3) is 11.8 Å². The molecule has 0 saturated carbocycles. The summed E-state index contributed by atoms with van der Waals surface area (Å²) in [5.41, 5.74) is 5.49. The molecule has 1 heterocycles. The highest BCUT2D eigenvalue weighted by molar-refractivity contribution is 6.46. The van der Waals surface area contributed by atoms with Crippen LogP contribution < -0.4 is 15.0 Å². The molecule has 3 aromatic carbocycles. The van der Waals surface area contributed by atoms with Crippen molar-refractivity contribution < 1.29 is 14.3 Å². The molecule has 0 radical (unpaired) electrons. The monoisotopic (exact) mass is 412 g/mol. The van der Waals surface area contributed by atoms with Crippen LogP contribution in [-0.4, -0.2) is 18.9 Å². The fraction of sp³-hybridized carbons (Fsp3) is 0.154. The van der Waals surface area contributed by atoms with E-state index in [2.05, 4.69) is 5.32 Å². The average molecular weight is 412 g/mol. The summed E-state index contributed by atoms with van der Waals surface area (Å²) in [6, 6.07) is 20.6. The molecule has 1 aliphatic rings. The van der Waals surface area contributed by atoms with Gasteiger partial charge in [-0.05, 0) is 55.7 Å². The molecule has 0 unspecified atom stereocenters. The molecule has 5 heteroatoms. The van der Waals surface area contributed by atoms with Crippen molar-refractivity contribution in [1.29, 1.82) is 0 Å². The Morgan fingerprint density at radius 3 is 2.23 bits per heavy atom. The van der Waals surface area contributed by atoms with E-state index in [4.69, 9.17) is 4.74 Å². The minimum Gasteiger partial charge on any atom is -0.497 e. The first-order chi connectivity index (χ1) is 14.9. The summed E-state index contributed by atoms with van der Waals surface area (Å²) in [7, 11) is 1.59. The molecule has 0 spiro atoms. The first-order valence-electron chi connectivity index (χ1n) is 10.1. The van der Waals surface area contributed by atoms with Crippen LogP contribution in [0.25, 0.3) is 5.57 Å². The Bertz CT molecular complexity index is 1210. The fourth-order valence-corrected chi connectivity index (χ4v) is 3.66. The summed E-state index contributed by atoms with van der Waals surface area (Å²) in [4.78, 5) is 28.4. The van der Waals surface area contributed by atoms with Gasteiger partial charge in [-0.3, -0.25) is 9.59 Å². The zero-order valence-electron chi connectivity index (χ0n) is 18.0. The standard InChI is InChI=1S/C26H24N2O3/c1-16-9-12-19(13-10-16)23-24(27-20-6-5-7-21(15-20)31-4)26(30)28(25(23)29)22-14-17(2)8-11-18(22)3/h5-15,27H,1-4H3. The van der Waals surface area contributed by atoms with E-state index in [1.807, 2.05) is 81.4 Å². The molecular weight excluding hydrogens is 388 g/mol. The zero-order chi connectivity index (χ0) is 22.1. The number of ether oxygens (including phenoxy) is 1. The van der Waals surface area contributed by atoms with Gasteiger partial charge >= 0.3 is 0 Å². The van der Waals surface area contributed by atoms with Gasteiger partial charge in [0.05, 0.1) is 18.4 Å². The van der Waals surface area contributed by atoms with Crippen LogP contribution in [0.5, 0.6) is 5.75 Å². The Morgan fingerprint density at radius 2 is 1.52 bits per heavy atom. The molecule has 31 heavy (non-hydrogen) atoms. The average Bonchev–Trinajstić information content (AvgIpc) is 3.00. The Balaban J connectivity index is 1.84. The smallest absolute Gasteiger partial charge is 0.282 e. The maximum absolute atomic E-state index is 13.6. The Morgan fingerprint density at radius 1 is 0.806 bits per heavy atom. The number of methoxy groups -OCH3 is 1. The number of aryl methyl sites for hydroxylation is 3. The van der Waals surface area contributed by atoms with Crippen LogP contribution in [-0.2, 0) is 9.59 Å². The lowest BCUT2D eigenvalue weighted by molar-refractivity contribution is -0.120. The first-order valence-corrected chi connectivity index (χ1v) is 10.1. The maximum atomic E-state index is 13.6. The quantitative estimate of drug-likeness (QED) is 0.598. The van der Waals surface area contributed by atoms with Gasteiger partial charge in [-0.25, -0.2) is 4.90 Å². The molecule has 5 nitrogen and oxygen atoms in total. The second-order valence-electron chi connectivity index (χ2n) is 7.71. The molecule has 3 aromatic rings. The van der Waals surface area contributed by atoms with Gasteiger partial charge in [-0.1, -0.05) is 48.0 Å². The molecule has 2 amide bonds. The van der Waals surface area contributed by atoms with Gasteiger partial charge in [-0.2, -0.15) is 0 Å². The zero-order valence-corrected chi connectivity index (χ0v) is 18.0. The van der Waals surface area contributed by atoms with Crippen molar-refractivity contribution in [2.75, 3.05) is 17.3 Å². The molecular formula is C26H24N2O3. The van der Waals surface area contributed by atoms with Crippen molar-refractivity contribution in [2.24, 2.45) is 0 Å². The number of carbonyl (C=O) groups is 2. The lowest BCUT2D eigenvalue weighted by atomic mass is 10.0. The Labute approximate surface area is 182 Å². The van der Waals surface area contributed by atoms with E-state index in [0.717, 1.165) is 16.7 Å². The second kappa shape index (κ2) is 8.11. The van der Waals surface area contributed by atoms with Gasteiger partial charge in [0.15, 0.2) is 0 Å². The lowest BCUT2D eigenvalue weighted by Gasteiger charge is -2.18. The highest BCUT2D eigenvalue weighted by Crippen LogP contribution is 2.35. The number of nitrogens with one attached hydrogen (secondary N) is 1. The van der Waals surface area contributed by atoms with E-state index >= 15 is 0 Å². The van der Waals surface area contributed by atoms with E-state index in [1.54, 1.807) is 13.2 Å². The molecule has 0 saturated heterocycles. The highest BCUT2D eigenvalue weighted by Gasteiger charge is 2.40. The summed E-state index contributed by atoms with van der Waals surface area (Å²) >= 11 is 0. The summed E-state index contributed by atoms with van der Waals surface area (Å²) in [5, 5.41) is 3.18. The van der Waals surface area contributed by atoms with Crippen LogP contribution in [0.15, 0.2) is 72.4 Å². The van der Waals surface area contributed by atoms with Crippen LogP contribution in [0.2, 0.25) is 0 Å². The number of rotatable bonds is 5. The second-order valence-corrected chi connectivity index (χ2v) is 7.71. The molecule has 1 N–H and O–H groups in total. The minimum absolute atomic E-state index is 0.253. The summed E-state index contributed by atoms with van der Waals surface area (Å²) in [6.07, 6.45) is 0. The molecule has 1 aliphatic heterocycles. The van der Waals surface area contributed by atoms with E-state index in [0.29, 0.717) is 28.3 Å². The summed E-state index contributed by atoms with van der Waals surface area (Å²) in [5.74, 6) is -0.0595. The van der Waals surface area contributed by atoms with E-state index in [1.165, 1.54) is 4.90 Å². The van der Waals surface area contributed by atoms with Crippen molar-refractivity contribution in [3.8, 4) is 5.75 Å². The van der Waals surface area contributed by atoms with Gasteiger partial charge < -0.3 is 10.1 Å². The number of anilines is 2. The van der Waals surface area contributed by atoms with E-state index in [9.17, 15) is 9.59 Å². The van der Waals surface area contributed by atoms with Crippen molar-refractivity contribution in [3.63, 3.8) is 0 Å². The van der Waals surface area contributed by atoms with E-state index < -0.39 is 0 Å². The van der Waals surface area contributed by atoms with Crippen molar-refractivity contribution in [3.05, 3.63) is 94.7 Å². The SMILES string of the molecule is COc1cccc(NC2=C(c3ccc(C)cc3)C(=O)N(c3cc(C)ccc3C)C2=O)c1. The van der Waals surface area contributed by atoms with Crippen LogP contribution >= 0.6 is 0 Å². The van der Waals surface area contributed by atoms with Gasteiger partial charge in [0, 0.05) is 11.8 Å². The van der Waals surface area contributed by atoms with Crippen molar-refractivity contribution in [1.82, 2.24) is 0 Å². The predicted molar refractivity (Wildman–Crippen MR) is 123 cm³/mol. The normalized spacial score (nSPS) is 13.7. The van der Waals surface area contributed by atoms with Crippen LogP contribution in [0.4, 0.5) is 11.4 Å². The number of hydrogen-bond acceptors (Lipinski definition) is 4. The maximum Gasteiger partial charge on any atom is 0.282 e. The first kappa shape index (κ1) is 20.4. The van der Waals surface area contributed by atoms with Crippen molar-refractivity contribution >= 4 is 28.8 Å². The van der Waals surface area contributed by atoms with Crippen LogP contribution in [0, 0.1) is 20.8 Å². The summed E-state index contributed by atoms with van der Waals surface area (Å²) in [6.45, 7) is 5.82. The van der Waals surface area contributed by atoms with Gasteiger partial charge in [0.2, 0.25) is 0 Å². The highest BCUT2D eigenvalue weighted by atomic mass is 16.5. The third-order valence-electron chi connectivity index (χ3n) is 5.37. The molecule has 0 aromatic heterocycles. The number of hydrogen-bond donors (Lipinski definition) is 1. The molecule has 0 fully saturated rings. The number of imide groups is 1. The van der Waals surface area contributed by atoms with Crippen molar-refractivity contribution in [2.45, 2.75) is 20.8 Å². The number of benzene rings is 3. The Hall–Kier alpha value is -3.86. The predicted octanol–water partition coefficient (Wildman–Crippen LogP) is 5.02. The third kappa shape index (κ3) is 3.82. The van der Waals surface area contributed by atoms with Gasteiger partial charge in [0.1, 0.15) is 11.4 Å². The molecule has 156 valence electrons. The largest absolute Gasteiger partial charge is 0.497 e. The third-order valence-corrected chi connectivity index (χ3v) is 5.37. The Kier molecular flexibility index (Phi) is 5.34. The lowest BCUT2D eigenvalue weighted by Crippen LogP contribution is -2.33. The minimum atomic E-state index is -0.378. The fourth-order valence-electron chi connectivity index (χ4n) is 3.66. The number of amides is 2. The molecule has 0 bridgehead atoms. The van der Waals surface area contributed by atoms with Crippen LogP contribution in [0.1, 0.15) is 22.3 Å². The summed E-state index contributed by atoms with van der Waals surface area (Å²) < 4.78 is 5.29. The molecule has 0 atom stereocenters.